The van der Waals surface area contributed by atoms with Crippen LogP contribution in [0.25, 0.3) is 10.9 Å². The van der Waals surface area contributed by atoms with Gasteiger partial charge in [0.15, 0.2) is 0 Å². The second kappa shape index (κ2) is 7.05. The molecule has 1 unspecified atom stereocenters. The number of nitrogens with one attached hydrogen (secondary N) is 2. The summed E-state index contributed by atoms with van der Waals surface area (Å²) in [5, 5.41) is 4.55. The molecule has 0 saturated heterocycles. The molecule has 1 aromatic carbocycles. The van der Waals surface area contributed by atoms with Gasteiger partial charge in [-0.15, -0.1) is 0 Å². The van der Waals surface area contributed by atoms with E-state index in [-0.39, 0.29) is 5.56 Å². The monoisotopic (exact) mass is 307 g/mol. The standard InChI is InChI=1S/C16H22ClN3O/c1-10(2)4-5-11(3)18-9-15-19-14-8-12(17)6-7-13(14)16(21)20-15/h6-8,10-11,18H,4-5,9H2,1-3H3,(H,19,20,21). The second-order valence-corrected chi connectivity index (χ2v) is 6.36. The molecule has 2 aromatic rings. The van der Waals surface area contributed by atoms with Crippen LogP contribution >= 0.6 is 11.6 Å². The molecule has 2 N–H and O–H groups in total. The lowest BCUT2D eigenvalue weighted by molar-refractivity contribution is 0.446. The molecule has 0 aliphatic heterocycles. The van der Waals surface area contributed by atoms with E-state index in [1.165, 1.54) is 6.42 Å². The van der Waals surface area contributed by atoms with Gasteiger partial charge in [0.25, 0.3) is 5.56 Å². The van der Waals surface area contributed by atoms with Crippen molar-refractivity contribution >= 4 is 22.5 Å². The molecule has 114 valence electrons. The van der Waals surface area contributed by atoms with E-state index in [0.717, 1.165) is 6.42 Å². The summed E-state index contributed by atoms with van der Waals surface area (Å²) in [4.78, 5) is 19.3. The first-order valence-corrected chi connectivity index (χ1v) is 7.75. The lowest BCUT2D eigenvalue weighted by Gasteiger charge is -2.14. The molecule has 1 aromatic heterocycles. The second-order valence-electron chi connectivity index (χ2n) is 5.93. The molecule has 1 atom stereocenters. The maximum atomic E-state index is 12.0. The van der Waals surface area contributed by atoms with Crippen molar-refractivity contribution in [3.63, 3.8) is 0 Å². The van der Waals surface area contributed by atoms with E-state index in [2.05, 4.69) is 36.1 Å². The van der Waals surface area contributed by atoms with Crippen molar-refractivity contribution in [3.8, 4) is 0 Å². The first-order chi connectivity index (χ1) is 9.95. The molecule has 0 fully saturated rings. The van der Waals surface area contributed by atoms with E-state index in [9.17, 15) is 4.79 Å². The number of fused-ring (bicyclic) bond motifs is 1. The van der Waals surface area contributed by atoms with Gasteiger partial charge in [0.05, 0.1) is 17.4 Å². The maximum absolute atomic E-state index is 12.0. The van der Waals surface area contributed by atoms with E-state index < -0.39 is 0 Å². The fourth-order valence-corrected chi connectivity index (χ4v) is 2.37. The third-order valence-electron chi connectivity index (χ3n) is 3.51. The van der Waals surface area contributed by atoms with Crippen molar-refractivity contribution in [1.82, 2.24) is 15.3 Å². The molecule has 0 bridgehead atoms. The highest BCUT2D eigenvalue weighted by Gasteiger charge is 2.07. The van der Waals surface area contributed by atoms with Gasteiger partial charge in [-0.2, -0.15) is 0 Å². The number of nitrogens with zero attached hydrogens (tertiary/aromatic N) is 1. The van der Waals surface area contributed by atoms with Gasteiger partial charge in [-0.25, -0.2) is 4.98 Å². The highest BCUT2D eigenvalue weighted by Crippen LogP contribution is 2.14. The van der Waals surface area contributed by atoms with Gasteiger partial charge in [0.1, 0.15) is 5.82 Å². The molecule has 0 aliphatic rings. The number of hydrogen-bond acceptors (Lipinski definition) is 3. The fraction of sp³-hybridized carbons (Fsp3) is 0.500. The van der Waals surface area contributed by atoms with Crippen LogP contribution in [0.4, 0.5) is 0 Å². The van der Waals surface area contributed by atoms with Crippen molar-refractivity contribution in [1.29, 1.82) is 0 Å². The topological polar surface area (TPSA) is 57.8 Å². The first kappa shape index (κ1) is 16.0. The summed E-state index contributed by atoms with van der Waals surface area (Å²) < 4.78 is 0. The molecular formula is C16H22ClN3O. The summed E-state index contributed by atoms with van der Waals surface area (Å²) >= 11 is 5.95. The van der Waals surface area contributed by atoms with Crippen molar-refractivity contribution in [3.05, 3.63) is 39.4 Å². The van der Waals surface area contributed by atoms with E-state index in [4.69, 9.17) is 11.6 Å². The maximum Gasteiger partial charge on any atom is 0.258 e. The van der Waals surface area contributed by atoms with Gasteiger partial charge in [-0.3, -0.25) is 4.79 Å². The molecule has 5 heteroatoms. The van der Waals surface area contributed by atoms with E-state index >= 15 is 0 Å². The summed E-state index contributed by atoms with van der Waals surface area (Å²) in [5.74, 6) is 1.35. The quantitative estimate of drug-likeness (QED) is 0.859. The molecule has 0 radical (unpaired) electrons. The summed E-state index contributed by atoms with van der Waals surface area (Å²) in [5.41, 5.74) is 0.515. The zero-order chi connectivity index (χ0) is 15.4. The van der Waals surface area contributed by atoms with Crippen LogP contribution in [0.5, 0.6) is 0 Å². The molecular weight excluding hydrogens is 286 g/mol. The number of H-pyrrole nitrogens is 1. The average molecular weight is 308 g/mol. The smallest absolute Gasteiger partial charge is 0.258 e. The fourth-order valence-electron chi connectivity index (χ4n) is 2.20. The predicted molar refractivity (Wildman–Crippen MR) is 87.7 cm³/mol. The van der Waals surface area contributed by atoms with Gasteiger partial charge >= 0.3 is 0 Å². The lowest BCUT2D eigenvalue weighted by Crippen LogP contribution is -2.28. The van der Waals surface area contributed by atoms with E-state index in [0.29, 0.717) is 40.3 Å². The Labute approximate surface area is 129 Å². The molecule has 2 rings (SSSR count). The minimum Gasteiger partial charge on any atom is -0.309 e. The average Bonchev–Trinajstić information content (AvgIpc) is 2.42. The van der Waals surface area contributed by atoms with Crippen molar-refractivity contribution in [2.24, 2.45) is 5.92 Å². The molecule has 1 heterocycles. The van der Waals surface area contributed by atoms with Gasteiger partial charge in [-0.05, 0) is 43.9 Å². The van der Waals surface area contributed by atoms with Crippen LogP contribution in [0.1, 0.15) is 39.4 Å². The summed E-state index contributed by atoms with van der Waals surface area (Å²) in [6.07, 6.45) is 2.30. The summed E-state index contributed by atoms with van der Waals surface area (Å²) in [6.45, 7) is 7.15. The minimum atomic E-state index is -0.122. The normalized spacial score (nSPS) is 13.0. The molecule has 0 spiro atoms. The number of benzene rings is 1. The lowest BCUT2D eigenvalue weighted by atomic mass is 10.0. The van der Waals surface area contributed by atoms with Crippen LogP contribution in [0, 0.1) is 5.92 Å². The Morgan fingerprint density at radius 2 is 2.05 bits per heavy atom. The Balaban J connectivity index is 2.07. The van der Waals surface area contributed by atoms with Crippen molar-refractivity contribution < 1.29 is 0 Å². The number of halogens is 1. The number of rotatable bonds is 6. The van der Waals surface area contributed by atoms with Crippen molar-refractivity contribution in [2.75, 3.05) is 0 Å². The van der Waals surface area contributed by atoms with Crippen LogP contribution < -0.4 is 10.9 Å². The summed E-state index contributed by atoms with van der Waals surface area (Å²) in [6, 6.07) is 5.52. The number of aromatic nitrogens is 2. The number of aromatic amines is 1. The van der Waals surface area contributed by atoms with Crippen molar-refractivity contribution in [2.45, 2.75) is 46.2 Å². The third-order valence-corrected chi connectivity index (χ3v) is 3.75. The Morgan fingerprint density at radius 3 is 2.76 bits per heavy atom. The van der Waals surface area contributed by atoms with Crippen LogP contribution in [0.2, 0.25) is 5.02 Å². The van der Waals surface area contributed by atoms with Gasteiger partial charge in [0.2, 0.25) is 0 Å². The Morgan fingerprint density at radius 1 is 1.29 bits per heavy atom. The Bertz CT molecular complexity index is 666. The molecule has 0 aliphatic carbocycles. The SMILES string of the molecule is CC(C)CCC(C)NCc1nc2cc(Cl)ccc2c(=O)[nH]1. The van der Waals surface area contributed by atoms with Crippen LogP contribution in [-0.4, -0.2) is 16.0 Å². The summed E-state index contributed by atoms with van der Waals surface area (Å²) in [7, 11) is 0. The van der Waals surface area contributed by atoms with Crippen LogP contribution in [0.15, 0.2) is 23.0 Å². The zero-order valence-electron chi connectivity index (χ0n) is 12.7. The highest BCUT2D eigenvalue weighted by atomic mass is 35.5. The number of hydrogen-bond donors (Lipinski definition) is 2. The van der Waals surface area contributed by atoms with Crippen LogP contribution in [-0.2, 0) is 6.54 Å². The van der Waals surface area contributed by atoms with Crippen LogP contribution in [0.3, 0.4) is 0 Å². The van der Waals surface area contributed by atoms with Gasteiger partial charge in [-0.1, -0.05) is 25.4 Å². The highest BCUT2D eigenvalue weighted by molar-refractivity contribution is 6.31. The molecule has 0 saturated carbocycles. The van der Waals surface area contributed by atoms with Gasteiger partial charge in [0, 0.05) is 11.1 Å². The predicted octanol–water partition coefficient (Wildman–Crippen LogP) is 3.49. The van der Waals surface area contributed by atoms with E-state index in [1.807, 2.05) is 0 Å². The first-order valence-electron chi connectivity index (χ1n) is 7.37. The molecule has 4 nitrogen and oxygen atoms in total. The molecule has 21 heavy (non-hydrogen) atoms. The Kier molecular flexibility index (Phi) is 5.37. The largest absolute Gasteiger partial charge is 0.309 e. The molecule has 0 amide bonds. The zero-order valence-corrected chi connectivity index (χ0v) is 13.5. The van der Waals surface area contributed by atoms with E-state index in [1.54, 1.807) is 18.2 Å². The Hall–Kier alpha value is -1.39. The third kappa shape index (κ3) is 4.55. The van der Waals surface area contributed by atoms with Gasteiger partial charge < -0.3 is 10.3 Å². The minimum absolute atomic E-state index is 0.122.